The zero-order chi connectivity index (χ0) is 22.7. The number of halogens is 1. The number of rotatable bonds is 6. The van der Waals surface area contributed by atoms with Crippen LogP contribution in [0.2, 0.25) is 0 Å². The first-order valence-corrected chi connectivity index (χ1v) is 9.75. The van der Waals surface area contributed by atoms with E-state index in [1.165, 1.54) is 35.2 Å². The lowest BCUT2D eigenvalue weighted by Crippen LogP contribution is -2.21. The van der Waals surface area contributed by atoms with E-state index in [9.17, 15) is 18.8 Å². The van der Waals surface area contributed by atoms with Gasteiger partial charge in [0.15, 0.2) is 0 Å². The van der Waals surface area contributed by atoms with Crippen molar-refractivity contribution in [1.82, 2.24) is 9.55 Å². The number of nitrogens with one attached hydrogen (secondary N) is 1. The molecule has 160 valence electrons. The summed E-state index contributed by atoms with van der Waals surface area (Å²) in [7, 11) is 0. The van der Waals surface area contributed by atoms with E-state index in [1.54, 1.807) is 42.5 Å². The molecular weight excluding hydrogens is 413 g/mol. The van der Waals surface area contributed by atoms with E-state index in [0.29, 0.717) is 22.2 Å². The lowest BCUT2D eigenvalue weighted by molar-refractivity contribution is -0.115. The average molecular weight is 431 g/mol. The molecule has 0 aliphatic rings. The van der Waals surface area contributed by atoms with Crippen LogP contribution in [-0.2, 0) is 17.8 Å². The van der Waals surface area contributed by atoms with Crippen LogP contribution in [0.5, 0.6) is 0 Å². The number of carbonyl (C=O) groups is 2. The van der Waals surface area contributed by atoms with Gasteiger partial charge in [-0.25, -0.2) is 14.2 Å². The number of aromatic nitrogens is 2. The first kappa shape index (κ1) is 20.9. The van der Waals surface area contributed by atoms with Crippen molar-refractivity contribution < 1.29 is 19.1 Å². The predicted molar refractivity (Wildman–Crippen MR) is 117 cm³/mol. The third kappa shape index (κ3) is 4.70. The van der Waals surface area contributed by atoms with E-state index < -0.39 is 5.97 Å². The average Bonchev–Trinajstić information content (AvgIpc) is 2.78. The lowest BCUT2D eigenvalue weighted by atomic mass is 10.1. The lowest BCUT2D eigenvalue weighted by Gasteiger charge is -2.09. The van der Waals surface area contributed by atoms with Crippen LogP contribution < -0.4 is 10.9 Å². The Morgan fingerprint density at radius 1 is 0.969 bits per heavy atom. The fourth-order valence-electron chi connectivity index (χ4n) is 3.29. The van der Waals surface area contributed by atoms with Gasteiger partial charge in [-0.3, -0.25) is 14.2 Å². The van der Waals surface area contributed by atoms with E-state index in [0.717, 1.165) is 5.56 Å². The number of benzene rings is 3. The molecule has 0 fully saturated rings. The molecule has 1 amide bonds. The Morgan fingerprint density at radius 2 is 1.66 bits per heavy atom. The van der Waals surface area contributed by atoms with Crippen LogP contribution in [0.15, 0.2) is 77.9 Å². The highest BCUT2D eigenvalue weighted by molar-refractivity contribution is 5.94. The molecular formula is C24H18FN3O4. The van der Waals surface area contributed by atoms with Gasteiger partial charge in [0.25, 0.3) is 5.56 Å². The molecule has 0 aliphatic carbocycles. The van der Waals surface area contributed by atoms with Gasteiger partial charge in [-0.1, -0.05) is 24.3 Å². The Bertz CT molecular complexity index is 1360. The maximum absolute atomic E-state index is 13.0. The van der Waals surface area contributed by atoms with Gasteiger partial charge in [0.1, 0.15) is 5.82 Å². The molecule has 0 bridgehead atoms. The highest BCUT2D eigenvalue weighted by Gasteiger charge is 2.09. The zero-order valence-electron chi connectivity index (χ0n) is 16.8. The molecule has 0 saturated heterocycles. The molecule has 0 aliphatic heterocycles. The van der Waals surface area contributed by atoms with Crippen molar-refractivity contribution in [3.63, 3.8) is 0 Å². The second-order valence-corrected chi connectivity index (χ2v) is 7.26. The number of amides is 1. The summed E-state index contributed by atoms with van der Waals surface area (Å²) in [5.41, 5.74) is 2.24. The number of carbonyl (C=O) groups excluding carboxylic acids is 1. The molecule has 1 heterocycles. The van der Waals surface area contributed by atoms with Crippen molar-refractivity contribution in [1.29, 1.82) is 0 Å². The number of aromatic carboxylic acids is 1. The molecule has 0 unspecified atom stereocenters. The van der Waals surface area contributed by atoms with E-state index in [-0.39, 0.29) is 35.8 Å². The van der Waals surface area contributed by atoms with Crippen LogP contribution in [0, 0.1) is 5.82 Å². The third-order valence-electron chi connectivity index (χ3n) is 4.94. The molecule has 0 saturated carbocycles. The Hall–Kier alpha value is -4.33. The molecule has 0 radical (unpaired) electrons. The molecule has 2 N–H and O–H groups in total. The van der Waals surface area contributed by atoms with Gasteiger partial charge in [-0.05, 0) is 53.6 Å². The number of hydrogen-bond acceptors (Lipinski definition) is 4. The molecule has 32 heavy (non-hydrogen) atoms. The van der Waals surface area contributed by atoms with E-state index >= 15 is 0 Å². The predicted octanol–water partition coefficient (Wildman–Crippen LogP) is 3.46. The number of carboxylic acids is 1. The minimum Gasteiger partial charge on any atom is -0.478 e. The summed E-state index contributed by atoms with van der Waals surface area (Å²) < 4.78 is 14.4. The number of fused-ring (bicyclic) bond motifs is 1. The summed E-state index contributed by atoms with van der Waals surface area (Å²) >= 11 is 0. The summed E-state index contributed by atoms with van der Waals surface area (Å²) in [4.78, 5) is 40.6. The minimum atomic E-state index is -1.02. The first-order chi connectivity index (χ1) is 15.4. The number of carboxylic acid groups (broad SMARTS) is 1. The van der Waals surface area contributed by atoms with Crippen LogP contribution >= 0.6 is 0 Å². The summed E-state index contributed by atoms with van der Waals surface area (Å²) in [6.07, 6.45) is 1.50. The maximum Gasteiger partial charge on any atom is 0.335 e. The van der Waals surface area contributed by atoms with Gasteiger partial charge < -0.3 is 10.4 Å². The molecule has 8 heteroatoms. The molecule has 0 atom stereocenters. The Balaban J connectivity index is 1.54. The fourth-order valence-corrected chi connectivity index (χ4v) is 3.29. The highest BCUT2D eigenvalue weighted by atomic mass is 19.1. The second-order valence-electron chi connectivity index (χ2n) is 7.26. The van der Waals surface area contributed by atoms with Crippen LogP contribution in [-0.4, -0.2) is 26.5 Å². The topological polar surface area (TPSA) is 101 Å². The van der Waals surface area contributed by atoms with Gasteiger partial charge >= 0.3 is 5.97 Å². The first-order valence-electron chi connectivity index (χ1n) is 9.75. The number of nitrogens with zero attached hydrogens (tertiary/aromatic N) is 2. The SMILES string of the molecule is O=C(Cc1ccc(F)cc1)Nc1ccc2ncn(Cc3ccc(C(=O)O)cc3)c(=O)c2c1. The largest absolute Gasteiger partial charge is 0.478 e. The standard InChI is InChI=1S/C24H18FN3O4/c25-18-7-3-15(4-8-18)11-22(29)27-19-9-10-21-20(12-19)23(30)28(14-26-21)13-16-1-5-17(6-2-16)24(31)32/h1-10,12,14H,11,13H2,(H,27,29)(H,31,32). The Labute approximate surface area is 181 Å². The highest BCUT2D eigenvalue weighted by Crippen LogP contribution is 2.16. The van der Waals surface area contributed by atoms with E-state index in [4.69, 9.17) is 5.11 Å². The third-order valence-corrected chi connectivity index (χ3v) is 4.94. The molecule has 3 aromatic carbocycles. The summed E-state index contributed by atoms with van der Waals surface area (Å²) in [5, 5.41) is 12.1. The molecule has 0 spiro atoms. The monoisotopic (exact) mass is 431 g/mol. The summed E-state index contributed by atoms with van der Waals surface area (Å²) in [6, 6.07) is 16.8. The van der Waals surface area contributed by atoms with Gasteiger partial charge in [0, 0.05) is 5.69 Å². The quantitative estimate of drug-likeness (QED) is 0.487. The van der Waals surface area contributed by atoms with E-state index in [2.05, 4.69) is 10.3 Å². The summed E-state index contributed by atoms with van der Waals surface area (Å²) in [6.45, 7) is 0.225. The second kappa shape index (κ2) is 8.81. The van der Waals surface area contributed by atoms with Crippen molar-refractivity contribution in [3.05, 3.63) is 106 Å². The summed E-state index contributed by atoms with van der Waals surface area (Å²) in [5.74, 6) is -1.68. The van der Waals surface area contributed by atoms with Crippen molar-refractivity contribution in [2.45, 2.75) is 13.0 Å². The fraction of sp³-hybridized carbons (Fsp3) is 0.0833. The molecule has 4 rings (SSSR count). The zero-order valence-corrected chi connectivity index (χ0v) is 16.8. The van der Waals surface area contributed by atoms with Crippen molar-refractivity contribution >= 4 is 28.5 Å². The Morgan fingerprint density at radius 3 is 2.34 bits per heavy atom. The molecule has 1 aromatic heterocycles. The van der Waals surface area contributed by atoms with Crippen molar-refractivity contribution in [3.8, 4) is 0 Å². The van der Waals surface area contributed by atoms with Gasteiger partial charge in [0.05, 0.1) is 35.8 Å². The Kier molecular flexibility index (Phi) is 5.76. The van der Waals surface area contributed by atoms with Crippen LogP contribution in [0.1, 0.15) is 21.5 Å². The van der Waals surface area contributed by atoms with Crippen LogP contribution in [0.4, 0.5) is 10.1 Å². The van der Waals surface area contributed by atoms with Crippen LogP contribution in [0.25, 0.3) is 10.9 Å². The maximum atomic E-state index is 13.0. The minimum absolute atomic E-state index is 0.0714. The molecule has 4 aromatic rings. The molecule has 7 nitrogen and oxygen atoms in total. The number of hydrogen-bond donors (Lipinski definition) is 2. The van der Waals surface area contributed by atoms with Crippen LogP contribution in [0.3, 0.4) is 0 Å². The van der Waals surface area contributed by atoms with E-state index in [1.807, 2.05) is 0 Å². The smallest absolute Gasteiger partial charge is 0.335 e. The van der Waals surface area contributed by atoms with Gasteiger partial charge in [0.2, 0.25) is 5.91 Å². The van der Waals surface area contributed by atoms with Gasteiger partial charge in [-0.2, -0.15) is 0 Å². The normalized spacial score (nSPS) is 10.8. The van der Waals surface area contributed by atoms with Crippen molar-refractivity contribution in [2.24, 2.45) is 0 Å². The van der Waals surface area contributed by atoms with Crippen molar-refractivity contribution in [2.75, 3.05) is 5.32 Å². The van der Waals surface area contributed by atoms with Gasteiger partial charge in [-0.15, -0.1) is 0 Å². The number of anilines is 1.